The molecule has 0 aliphatic rings. The third-order valence-electron chi connectivity index (χ3n) is 3.95. The molecule has 0 radical (unpaired) electrons. The average molecular weight is 364 g/mol. The average Bonchev–Trinajstić information content (AvgIpc) is 3.31. The van der Waals surface area contributed by atoms with Gasteiger partial charge in [0, 0.05) is 28.1 Å². The fourth-order valence-corrected chi connectivity index (χ4v) is 3.41. The van der Waals surface area contributed by atoms with Crippen LogP contribution in [0.2, 0.25) is 0 Å². The Labute approximate surface area is 154 Å². The van der Waals surface area contributed by atoms with Crippen LogP contribution in [0.1, 0.15) is 12.6 Å². The summed E-state index contributed by atoms with van der Waals surface area (Å²) in [4.78, 5) is 20.9. The van der Waals surface area contributed by atoms with Crippen LogP contribution in [0.5, 0.6) is 0 Å². The number of carbonyl (C=O) groups excluding carboxylic acids is 1. The van der Waals surface area contributed by atoms with Crippen molar-refractivity contribution in [3.63, 3.8) is 0 Å². The molecule has 5 nitrogen and oxygen atoms in total. The van der Waals surface area contributed by atoms with Crippen LogP contribution in [0.25, 0.3) is 33.7 Å². The standard InChI is InChI=1S/C20H16N2O3S/c1-2-24-18(23)11-17-19(15-7-9-26-12-15)25-20(22-17)14-5-6-16-13(10-14)4-3-8-21-16/h3-10,12H,2,11H2,1H3. The number of fused-ring (bicyclic) bond motifs is 1. The largest absolute Gasteiger partial charge is 0.466 e. The van der Waals surface area contributed by atoms with Crippen molar-refractivity contribution < 1.29 is 13.9 Å². The Kier molecular flexibility index (Phi) is 4.50. The van der Waals surface area contributed by atoms with E-state index in [2.05, 4.69) is 9.97 Å². The molecule has 0 atom stereocenters. The zero-order valence-electron chi connectivity index (χ0n) is 14.1. The van der Waals surface area contributed by atoms with Gasteiger partial charge in [0.15, 0.2) is 5.76 Å². The van der Waals surface area contributed by atoms with Crippen LogP contribution < -0.4 is 0 Å². The van der Waals surface area contributed by atoms with Gasteiger partial charge in [0.2, 0.25) is 5.89 Å². The van der Waals surface area contributed by atoms with Crippen LogP contribution >= 0.6 is 11.3 Å². The molecule has 6 heteroatoms. The molecule has 4 rings (SSSR count). The lowest BCUT2D eigenvalue weighted by molar-refractivity contribution is -0.142. The summed E-state index contributed by atoms with van der Waals surface area (Å²) in [6.07, 6.45) is 1.84. The number of esters is 1. The molecular formula is C20H16N2O3S. The van der Waals surface area contributed by atoms with Crippen LogP contribution in [-0.2, 0) is 16.0 Å². The molecule has 4 aromatic rings. The topological polar surface area (TPSA) is 65.2 Å². The van der Waals surface area contributed by atoms with Crippen molar-refractivity contribution in [1.82, 2.24) is 9.97 Å². The predicted octanol–water partition coefficient (Wildman–Crippen LogP) is 4.72. The van der Waals surface area contributed by atoms with Gasteiger partial charge in [-0.3, -0.25) is 9.78 Å². The van der Waals surface area contributed by atoms with E-state index in [0.29, 0.717) is 24.0 Å². The number of thiophene rings is 1. The van der Waals surface area contributed by atoms with E-state index in [1.807, 2.05) is 47.2 Å². The molecule has 0 saturated heterocycles. The van der Waals surface area contributed by atoms with Crippen molar-refractivity contribution in [2.45, 2.75) is 13.3 Å². The number of carbonyl (C=O) groups is 1. The fraction of sp³-hybridized carbons (Fsp3) is 0.150. The van der Waals surface area contributed by atoms with E-state index < -0.39 is 0 Å². The zero-order valence-corrected chi connectivity index (χ0v) is 15.0. The summed E-state index contributed by atoms with van der Waals surface area (Å²) in [6.45, 7) is 2.13. The van der Waals surface area contributed by atoms with Gasteiger partial charge in [-0.05, 0) is 42.6 Å². The Morgan fingerprint density at radius 1 is 1.23 bits per heavy atom. The first-order valence-corrected chi connectivity index (χ1v) is 9.22. The molecule has 130 valence electrons. The maximum absolute atomic E-state index is 11.9. The Hall–Kier alpha value is -2.99. The summed E-state index contributed by atoms with van der Waals surface area (Å²) in [6, 6.07) is 11.7. The second kappa shape index (κ2) is 7.09. The van der Waals surface area contributed by atoms with Gasteiger partial charge in [0.1, 0.15) is 0 Å². The Bertz CT molecular complexity index is 1050. The molecule has 26 heavy (non-hydrogen) atoms. The van der Waals surface area contributed by atoms with Crippen molar-refractivity contribution in [3.8, 4) is 22.8 Å². The van der Waals surface area contributed by atoms with Gasteiger partial charge >= 0.3 is 5.97 Å². The zero-order chi connectivity index (χ0) is 17.9. The molecule has 0 spiro atoms. The Morgan fingerprint density at radius 3 is 2.96 bits per heavy atom. The summed E-state index contributed by atoms with van der Waals surface area (Å²) in [5, 5.41) is 4.95. The first-order valence-electron chi connectivity index (χ1n) is 8.27. The number of rotatable bonds is 5. The second-order valence-electron chi connectivity index (χ2n) is 5.70. The Balaban J connectivity index is 1.77. The molecule has 0 aliphatic carbocycles. The van der Waals surface area contributed by atoms with Crippen LogP contribution in [0.4, 0.5) is 0 Å². The van der Waals surface area contributed by atoms with Gasteiger partial charge < -0.3 is 9.15 Å². The molecule has 0 bridgehead atoms. The van der Waals surface area contributed by atoms with Crippen molar-refractivity contribution in [2.24, 2.45) is 0 Å². The number of pyridine rings is 1. The normalized spacial score (nSPS) is 11.0. The molecule has 0 fully saturated rings. The molecule has 3 aromatic heterocycles. The van der Waals surface area contributed by atoms with Gasteiger partial charge in [0.05, 0.1) is 24.2 Å². The van der Waals surface area contributed by atoms with E-state index in [-0.39, 0.29) is 12.4 Å². The van der Waals surface area contributed by atoms with E-state index in [4.69, 9.17) is 9.15 Å². The predicted molar refractivity (Wildman–Crippen MR) is 101 cm³/mol. The summed E-state index contributed by atoms with van der Waals surface area (Å²) < 4.78 is 11.1. The van der Waals surface area contributed by atoms with Crippen molar-refractivity contribution in [1.29, 1.82) is 0 Å². The fourth-order valence-electron chi connectivity index (χ4n) is 2.77. The van der Waals surface area contributed by atoms with Crippen LogP contribution in [-0.4, -0.2) is 22.5 Å². The van der Waals surface area contributed by atoms with Gasteiger partial charge in [-0.15, -0.1) is 0 Å². The minimum absolute atomic E-state index is 0.0810. The lowest BCUT2D eigenvalue weighted by atomic mass is 10.1. The number of benzene rings is 1. The first kappa shape index (κ1) is 16.5. The van der Waals surface area contributed by atoms with Crippen LogP contribution in [0.15, 0.2) is 57.8 Å². The number of aromatic nitrogens is 2. The van der Waals surface area contributed by atoms with E-state index in [9.17, 15) is 4.79 Å². The van der Waals surface area contributed by atoms with Crippen molar-refractivity contribution in [2.75, 3.05) is 6.61 Å². The van der Waals surface area contributed by atoms with Gasteiger partial charge in [-0.2, -0.15) is 11.3 Å². The maximum atomic E-state index is 11.9. The summed E-state index contributed by atoms with van der Waals surface area (Å²) in [5.41, 5.74) is 3.25. The minimum atomic E-state index is -0.313. The molecule has 3 heterocycles. The lowest BCUT2D eigenvalue weighted by Gasteiger charge is -2.00. The van der Waals surface area contributed by atoms with E-state index in [1.54, 1.807) is 24.5 Å². The molecule has 0 amide bonds. The minimum Gasteiger partial charge on any atom is -0.466 e. The molecule has 0 saturated carbocycles. The highest BCUT2D eigenvalue weighted by atomic mass is 32.1. The van der Waals surface area contributed by atoms with Gasteiger partial charge in [0.25, 0.3) is 0 Å². The number of oxazole rings is 1. The van der Waals surface area contributed by atoms with E-state index in [1.165, 1.54) is 0 Å². The quantitative estimate of drug-likeness (QED) is 0.479. The number of hydrogen-bond acceptors (Lipinski definition) is 6. The number of nitrogens with zero attached hydrogens (tertiary/aromatic N) is 2. The van der Waals surface area contributed by atoms with Gasteiger partial charge in [-0.1, -0.05) is 6.07 Å². The van der Waals surface area contributed by atoms with Gasteiger partial charge in [-0.25, -0.2) is 4.98 Å². The first-order chi connectivity index (χ1) is 12.7. The van der Waals surface area contributed by atoms with Crippen LogP contribution in [0, 0.1) is 0 Å². The third kappa shape index (κ3) is 3.23. The molecule has 1 aromatic carbocycles. The maximum Gasteiger partial charge on any atom is 0.312 e. The van der Waals surface area contributed by atoms with E-state index in [0.717, 1.165) is 22.0 Å². The Morgan fingerprint density at radius 2 is 2.15 bits per heavy atom. The highest BCUT2D eigenvalue weighted by Crippen LogP contribution is 2.32. The highest BCUT2D eigenvalue weighted by Gasteiger charge is 2.20. The summed E-state index contributed by atoms with van der Waals surface area (Å²) >= 11 is 1.57. The van der Waals surface area contributed by atoms with Crippen molar-refractivity contribution in [3.05, 3.63) is 59.0 Å². The molecular weight excluding hydrogens is 348 g/mol. The highest BCUT2D eigenvalue weighted by molar-refractivity contribution is 7.08. The summed E-state index contributed by atoms with van der Waals surface area (Å²) in [5.74, 6) is 0.781. The van der Waals surface area contributed by atoms with Crippen molar-refractivity contribution >= 4 is 28.2 Å². The molecule has 0 unspecified atom stereocenters. The van der Waals surface area contributed by atoms with E-state index >= 15 is 0 Å². The molecule has 0 aliphatic heterocycles. The molecule has 0 N–H and O–H groups in total. The number of hydrogen-bond donors (Lipinski definition) is 0. The van der Waals surface area contributed by atoms with Crippen LogP contribution in [0.3, 0.4) is 0 Å². The summed E-state index contributed by atoms with van der Waals surface area (Å²) in [7, 11) is 0. The SMILES string of the molecule is CCOC(=O)Cc1nc(-c2ccc3ncccc3c2)oc1-c1ccsc1. The third-order valence-corrected chi connectivity index (χ3v) is 4.63. The monoisotopic (exact) mass is 364 g/mol. The smallest absolute Gasteiger partial charge is 0.312 e. The lowest BCUT2D eigenvalue weighted by Crippen LogP contribution is -2.08. The second-order valence-corrected chi connectivity index (χ2v) is 6.48. The number of ether oxygens (including phenoxy) is 1.